The Labute approximate surface area is 114 Å². The number of benzene rings is 1. The van der Waals surface area contributed by atoms with E-state index in [9.17, 15) is 0 Å². The molecule has 1 aromatic rings. The second kappa shape index (κ2) is 5.91. The minimum absolute atomic E-state index is 0.220. The van der Waals surface area contributed by atoms with Gasteiger partial charge in [-0.25, -0.2) is 0 Å². The highest BCUT2D eigenvalue weighted by atomic mass is 35.5. The molecule has 1 fully saturated rings. The van der Waals surface area contributed by atoms with Gasteiger partial charge in [0.05, 0.1) is 7.11 Å². The number of ether oxygens (including phenoxy) is 1. The lowest BCUT2D eigenvalue weighted by atomic mass is 10.0. The van der Waals surface area contributed by atoms with Crippen molar-refractivity contribution >= 4 is 11.6 Å². The minimum Gasteiger partial charge on any atom is -0.496 e. The van der Waals surface area contributed by atoms with Crippen molar-refractivity contribution in [2.24, 2.45) is 0 Å². The molecule has 0 heterocycles. The van der Waals surface area contributed by atoms with Crippen LogP contribution in [0.3, 0.4) is 0 Å². The fraction of sp³-hybridized carbons (Fsp3) is 0.571. The van der Waals surface area contributed by atoms with Crippen LogP contribution in [0.1, 0.15) is 30.0 Å². The number of rotatable bonds is 6. The summed E-state index contributed by atoms with van der Waals surface area (Å²) in [4.78, 5) is 0. The van der Waals surface area contributed by atoms with Crippen molar-refractivity contribution in [3.63, 3.8) is 0 Å². The van der Waals surface area contributed by atoms with Gasteiger partial charge in [0, 0.05) is 29.2 Å². The van der Waals surface area contributed by atoms with Crippen LogP contribution >= 0.6 is 11.6 Å². The van der Waals surface area contributed by atoms with Gasteiger partial charge in [0.2, 0.25) is 0 Å². The summed E-state index contributed by atoms with van der Waals surface area (Å²) < 4.78 is 5.51. The average molecular weight is 269 g/mol. The fourth-order valence-corrected chi connectivity index (χ4v) is 2.51. The van der Waals surface area contributed by atoms with Gasteiger partial charge in [0.1, 0.15) is 5.75 Å². The van der Waals surface area contributed by atoms with E-state index in [0.29, 0.717) is 6.04 Å². The number of aryl methyl sites for hydroxylation is 1. The Balaban J connectivity index is 2.21. The maximum atomic E-state index is 6.15. The first-order valence-corrected chi connectivity index (χ1v) is 6.78. The van der Waals surface area contributed by atoms with Crippen molar-refractivity contribution < 1.29 is 4.74 Å². The topological polar surface area (TPSA) is 33.3 Å². The molecule has 0 aromatic heterocycles. The molecule has 1 saturated carbocycles. The molecule has 1 atom stereocenters. The van der Waals surface area contributed by atoms with Gasteiger partial charge in [0.15, 0.2) is 0 Å². The smallest absolute Gasteiger partial charge is 0.126 e. The molecule has 0 radical (unpaired) electrons. The number of hydrogen-bond acceptors (Lipinski definition) is 3. The van der Waals surface area contributed by atoms with E-state index in [1.807, 2.05) is 26.1 Å². The lowest BCUT2D eigenvalue weighted by molar-refractivity contribution is 0.395. The van der Waals surface area contributed by atoms with Crippen LogP contribution in [-0.4, -0.2) is 26.7 Å². The van der Waals surface area contributed by atoms with Gasteiger partial charge in [-0.05, 0) is 44.5 Å². The lowest BCUT2D eigenvalue weighted by Gasteiger charge is -2.21. The van der Waals surface area contributed by atoms with Gasteiger partial charge in [-0.2, -0.15) is 0 Å². The molecule has 1 aliphatic rings. The van der Waals surface area contributed by atoms with Gasteiger partial charge in [-0.15, -0.1) is 0 Å². The fourth-order valence-electron chi connectivity index (χ4n) is 2.23. The molecule has 0 aliphatic heterocycles. The number of nitrogens with one attached hydrogen (secondary N) is 2. The van der Waals surface area contributed by atoms with Crippen molar-refractivity contribution in [1.29, 1.82) is 0 Å². The molecule has 0 bridgehead atoms. The predicted octanol–water partition coefficient (Wildman–Crippen LogP) is 2.67. The molecule has 1 unspecified atom stereocenters. The Bertz CT molecular complexity index is 419. The highest BCUT2D eigenvalue weighted by molar-refractivity contribution is 6.30. The zero-order chi connectivity index (χ0) is 13.1. The second-order valence-electron chi connectivity index (χ2n) is 4.87. The Kier molecular flexibility index (Phi) is 4.49. The van der Waals surface area contributed by atoms with Crippen molar-refractivity contribution in [2.45, 2.75) is 31.8 Å². The molecule has 1 aliphatic carbocycles. The van der Waals surface area contributed by atoms with Crippen molar-refractivity contribution in [1.82, 2.24) is 10.6 Å². The molecular formula is C14H21ClN2O. The zero-order valence-corrected chi connectivity index (χ0v) is 12.0. The number of likely N-dealkylation sites (N-methyl/N-ethyl adjacent to an activating group) is 1. The molecule has 18 heavy (non-hydrogen) atoms. The molecule has 1 aromatic carbocycles. The molecule has 2 N–H and O–H groups in total. The van der Waals surface area contributed by atoms with E-state index in [1.54, 1.807) is 7.11 Å². The molecular weight excluding hydrogens is 248 g/mol. The van der Waals surface area contributed by atoms with Crippen LogP contribution in [0, 0.1) is 6.92 Å². The van der Waals surface area contributed by atoms with Crippen LogP contribution in [0.5, 0.6) is 5.75 Å². The first-order chi connectivity index (χ1) is 8.65. The van der Waals surface area contributed by atoms with Crippen LogP contribution in [0.4, 0.5) is 0 Å². The van der Waals surface area contributed by atoms with Crippen molar-refractivity contribution in [2.75, 3.05) is 20.7 Å². The van der Waals surface area contributed by atoms with Gasteiger partial charge < -0.3 is 15.4 Å². The van der Waals surface area contributed by atoms with E-state index < -0.39 is 0 Å². The monoisotopic (exact) mass is 268 g/mol. The quantitative estimate of drug-likeness (QED) is 0.832. The summed E-state index contributed by atoms with van der Waals surface area (Å²) in [6.45, 7) is 2.92. The zero-order valence-electron chi connectivity index (χ0n) is 11.2. The van der Waals surface area contributed by atoms with Crippen LogP contribution in [0.25, 0.3) is 0 Å². The Hall–Kier alpha value is -0.770. The Morgan fingerprint density at radius 2 is 2.17 bits per heavy atom. The third-order valence-corrected chi connectivity index (χ3v) is 3.60. The molecule has 100 valence electrons. The van der Waals surface area contributed by atoms with Gasteiger partial charge in [-0.1, -0.05) is 11.6 Å². The standard InChI is InChI=1S/C14H21ClN2O/c1-9-6-10(15)7-12(14(9)18-3)13(16-2)8-17-11-4-5-11/h6-7,11,13,16-17H,4-5,8H2,1-3H3. The first kappa shape index (κ1) is 13.7. The van der Waals surface area contributed by atoms with Gasteiger partial charge in [0.25, 0.3) is 0 Å². The van der Waals surface area contributed by atoms with E-state index in [4.69, 9.17) is 16.3 Å². The van der Waals surface area contributed by atoms with Crippen LogP contribution in [-0.2, 0) is 0 Å². The summed E-state index contributed by atoms with van der Waals surface area (Å²) in [5.41, 5.74) is 2.20. The summed E-state index contributed by atoms with van der Waals surface area (Å²) in [5, 5.41) is 7.62. The Morgan fingerprint density at radius 3 is 2.72 bits per heavy atom. The van der Waals surface area contributed by atoms with Gasteiger partial charge >= 0.3 is 0 Å². The van der Waals surface area contributed by atoms with E-state index in [1.165, 1.54) is 12.8 Å². The third-order valence-electron chi connectivity index (χ3n) is 3.38. The van der Waals surface area contributed by atoms with Crippen LogP contribution in [0.2, 0.25) is 5.02 Å². The van der Waals surface area contributed by atoms with E-state index >= 15 is 0 Å². The highest BCUT2D eigenvalue weighted by Gasteiger charge is 2.23. The summed E-state index contributed by atoms with van der Waals surface area (Å²) in [6.07, 6.45) is 2.59. The molecule has 0 saturated heterocycles. The summed E-state index contributed by atoms with van der Waals surface area (Å²) >= 11 is 6.15. The summed E-state index contributed by atoms with van der Waals surface area (Å²) in [6, 6.07) is 4.85. The molecule has 3 nitrogen and oxygen atoms in total. The normalized spacial score (nSPS) is 16.7. The second-order valence-corrected chi connectivity index (χ2v) is 5.31. The SMILES string of the molecule is CNC(CNC1CC1)c1cc(Cl)cc(C)c1OC. The number of hydrogen-bond donors (Lipinski definition) is 2. The maximum Gasteiger partial charge on any atom is 0.126 e. The average Bonchev–Trinajstić information content (AvgIpc) is 3.13. The van der Waals surface area contributed by atoms with E-state index in [0.717, 1.165) is 28.4 Å². The predicted molar refractivity (Wildman–Crippen MR) is 75.6 cm³/mol. The van der Waals surface area contributed by atoms with Crippen molar-refractivity contribution in [3.8, 4) is 5.75 Å². The maximum absolute atomic E-state index is 6.15. The third kappa shape index (κ3) is 3.16. The minimum atomic E-state index is 0.220. The van der Waals surface area contributed by atoms with Crippen LogP contribution in [0.15, 0.2) is 12.1 Å². The summed E-state index contributed by atoms with van der Waals surface area (Å²) in [7, 11) is 3.68. The Morgan fingerprint density at radius 1 is 1.44 bits per heavy atom. The largest absolute Gasteiger partial charge is 0.496 e. The van der Waals surface area contributed by atoms with Crippen molar-refractivity contribution in [3.05, 3.63) is 28.3 Å². The van der Waals surface area contributed by atoms with Crippen LogP contribution < -0.4 is 15.4 Å². The van der Waals surface area contributed by atoms with Gasteiger partial charge in [-0.3, -0.25) is 0 Å². The van der Waals surface area contributed by atoms with E-state index in [-0.39, 0.29) is 6.04 Å². The molecule has 2 rings (SSSR count). The molecule has 0 spiro atoms. The van der Waals surface area contributed by atoms with E-state index in [2.05, 4.69) is 10.6 Å². The molecule has 4 heteroatoms. The first-order valence-electron chi connectivity index (χ1n) is 6.40. The summed E-state index contributed by atoms with van der Waals surface area (Å²) in [5.74, 6) is 0.927. The lowest BCUT2D eigenvalue weighted by Crippen LogP contribution is -2.31. The molecule has 0 amide bonds. The highest BCUT2D eigenvalue weighted by Crippen LogP contribution is 2.32. The number of halogens is 1. The number of methoxy groups -OCH3 is 1.